The summed E-state index contributed by atoms with van der Waals surface area (Å²) in [7, 11) is 0. The van der Waals surface area contributed by atoms with Gasteiger partial charge in [-0.3, -0.25) is 4.99 Å². The number of thioether (sulfide) groups is 1. The van der Waals surface area contributed by atoms with Crippen molar-refractivity contribution in [2.24, 2.45) is 4.99 Å². The molecule has 2 rings (SSSR count). The van der Waals surface area contributed by atoms with Gasteiger partial charge in [-0.2, -0.15) is 0 Å². The zero-order chi connectivity index (χ0) is 18.3. The monoisotopic (exact) mass is 377 g/mol. The highest BCUT2D eigenvalue weighted by atomic mass is 32.2. The first-order valence-electron chi connectivity index (χ1n) is 8.79. The van der Waals surface area contributed by atoms with E-state index in [2.05, 4.69) is 27.8 Å². The average Bonchev–Trinajstić information content (AvgIpc) is 3.19. The predicted octanol–water partition coefficient (Wildman–Crippen LogP) is 2.16. The molecule has 0 saturated carbocycles. The van der Waals surface area contributed by atoms with Crippen LogP contribution in [0.3, 0.4) is 0 Å². The quantitative estimate of drug-likeness (QED) is 0.228. The van der Waals surface area contributed by atoms with Crippen molar-refractivity contribution in [3.63, 3.8) is 0 Å². The van der Waals surface area contributed by atoms with E-state index in [1.807, 2.05) is 30.3 Å². The summed E-state index contributed by atoms with van der Waals surface area (Å²) in [4.78, 5) is 5.77. The maximum atomic E-state index is 8.72. The minimum Gasteiger partial charge on any atom is -0.469 e. The minimum absolute atomic E-state index is 0.0347. The second-order valence-corrected chi connectivity index (χ2v) is 6.58. The third kappa shape index (κ3) is 8.94. The molecule has 2 aromatic rings. The van der Waals surface area contributed by atoms with Gasteiger partial charge in [0, 0.05) is 30.2 Å². The van der Waals surface area contributed by atoms with Gasteiger partial charge in [-0.25, -0.2) is 0 Å². The van der Waals surface area contributed by atoms with Crippen molar-refractivity contribution in [1.82, 2.24) is 10.6 Å². The molecule has 0 saturated heterocycles. The normalized spacial score (nSPS) is 11.5. The number of furan rings is 1. The zero-order valence-electron chi connectivity index (χ0n) is 14.9. The van der Waals surface area contributed by atoms with Gasteiger partial charge >= 0.3 is 0 Å². The van der Waals surface area contributed by atoms with Crippen LogP contribution in [-0.4, -0.2) is 56.3 Å². The highest BCUT2D eigenvalue weighted by molar-refractivity contribution is 7.99. The highest BCUT2D eigenvalue weighted by Crippen LogP contribution is 2.15. The Balaban J connectivity index is 1.70. The van der Waals surface area contributed by atoms with Gasteiger partial charge in [-0.1, -0.05) is 18.2 Å². The summed E-state index contributed by atoms with van der Waals surface area (Å²) in [6.07, 6.45) is 2.48. The fourth-order valence-corrected chi connectivity index (χ4v) is 2.97. The molecular formula is C19H27N3O3S. The van der Waals surface area contributed by atoms with E-state index in [1.54, 1.807) is 18.0 Å². The number of nitrogens with one attached hydrogen (secondary N) is 2. The van der Waals surface area contributed by atoms with Crippen LogP contribution in [0.25, 0.3) is 0 Å². The summed E-state index contributed by atoms with van der Waals surface area (Å²) in [5.41, 5.74) is 0. The Hall–Kier alpha value is -1.96. The predicted molar refractivity (Wildman–Crippen MR) is 106 cm³/mol. The van der Waals surface area contributed by atoms with Crippen molar-refractivity contribution in [2.45, 2.75) is 11.3 Å². The van der Waals surface area contributed by atoms with Gasteiger partial charge in [-0.15, -0.1) is 11.8 Å². The highest BCUT2D eigenvalue weighted by Gasteiger charge is 2.01. The summed E-state index contributed by atoms with van der Waals surface area (Å²) in [5, 5.41) is 15.4. The Labute approximate surface area is 159 Å². The Bertz CT molecular complexity index is 606. The van der Waals surface area contributed by atoms with Crippen LogP contribution in [0.5, 0.6) is 0 Å². The fourth-order valence-electron chi connectivity index (χ4n) is 2.18. The Morgan fingerprint density at radius 2 is 1.92 bits per heavy atom. The number of nitrogens with zero attached hydrogens (tertiary/aromatic N) is 1. The minimum atomic E-state index is 0.0347. The van der Waals surface area contributed by atoms with Gasteiger partial charge < -0.3 is 24.9 Å². The zero-order valence-corrected chi connectivity index (χ0v) is 15.7. The lowest BCUT2D eigenvalue weighted by Crippen LogP contribution is -2.39. The maximum Gasteiger partial charge on any atom is 0.191 e. The molecule has 6 nitrogen and oxygen atoms in total. The second-order valence-electron chi connectivity index (χ2n) is 5.41. The van der Waals surface area contributed by atoms with Gasteiger partial charge in [0.1, 0.15) is 5.76 Å². The number of rotatable bonds is 12. The van der Waals surface area contributed by atoms with E-state index >= 15 is 0 Å². The molecule has 0 fully saturated rings. The third-order valence-corrected chi connectivity index (χ3v) is 4.41. The molecule has 1 aromatic heterocycles. The van der Waals surface area contributed by atoms with Crippen LogP contribution < -0.4 is 10.6 Å². The standard InChI is InChI=1S/C19H27N3O3S/c23-12-15-24-14-10-21-19(20-9-8-17-5-4-13-25-17)22-11-16-26-18-6-2-1-3-7-18/h1-7,13,23H,8-12,14-16H2,(H2,20,21,22). The van der Waals surface area contributed by atoms with Crippen LogP contribution in [0.15, 0.2) is 63.0 Å². The van der Waals surface area contributed by atoms with Crippen molar-refractivity contribution in [3.8, 4) is 0 Å². The number of hydrogen-bond donors (Lipinski definition) is 3. The molecule has 142 valence electrons. The summed E-state index contributed by atoms with van der Waals surface area (Å²) < 4.78 is 10.6. The van der Waals surface area contributed by atoms with E-state index in [0.717, 1.165) is 37.0 Å². The average molecular weight is 378 g/mol. The van der Waals surface area contributed by atoms with Crippen LogP contribution in [0.4, 0.5) is 0 Å². The summed E-state index contributed by atoms with van der Waals surface area (Å²) in [6, 6.07) is 14.2. The molecule has 7 heteroatoms. The van der Waals surface area contributed by atoms with Crippen LogP contribution in [-0.2, 0) is 11.2 Å². The van der Waals surface area contributed by atoms with Gasteiger partial charge in [-0.05, 0) is 24.3 Å². The number of aliphatic hydroxyl groups is 1. The molecular weight excluding hydrogens is 350 g/mol. The molecule has 0 spiro atoms. The molecule has 0 radical (unpaired) electrons. The Morgan fingerprint density at radius 3 is 2.69 bits per heavy atom. The Morgan fingerprint density at radius 1 is 1.08 bits per heavy atom. The molecule has 1 aromatic carbocycles. The largest absolute Gasteiger partial charge is 0.469 e. The van der Waals surface area contributed by atoms with E-state index in [0.29, 0.717) is 19.8 Å². The van der Waals surface area contributed by atoms with Crippen LogP contribution in [0.1, 0.15) is 5.76 Å². The molecule has 0 atom stereocenters. The topological polar surface area (TPSA) is 79.0 Å². The lowest BCUT2D eigenvalue weighted by atomic mass is 10.3. The third-order valence-electron chi connectivity index (χ3n) is 3.39. The van der Waals surface area contributed by atoms with Gasteiger partial charge in [0.25, 0.3) is 0 Å². The lowest BCUT2D eigenvalue weighted by molar-refractivity contribution is 0.0977. The van der Waals surface area contributed by atoms with Crippen molar-refractivity contribution in [1.29, 1.82) is 0 Å². The smallest absolute Gasteiger partial charge is 0.191 e. The SMILES string of the molecule is OCCOCCN=C(NCCSc1ccccc1)NCCc1ccco1. The first kappa shape index (κ1) is 20.4. The van der Waals surface area contributed by atoms with Crippen molar-refractivity contribution in [2.75, 3.05) is 45.2 Å². The van der Waals surface area contributed by atoms with Gasteiger partial charge in [0.15, 0.2) is 5.96 Å². The number of hydrogen-bond acceptors (Lipinski definition) is 5. The molecule has 0 aliphatic heterocycles. The molecule has 3 N–H and O–H groups in total. The molecule has 0 aliphatic rings. The van der Waals surface area contributed by atoms with Crippen molar-refractivity contribution in [3.05, 3.63) is 54.5 Å². The van der Waals surface area contributed by atoms with E-state index in [4.69, 9.17) is 14.3 Å². The first-order chi connectivity index (χ1) is 12.9. The van der Waals surface area contributed by atoms with Crippen LogP contribution in [0.2, 0.25) is 0 Å². The summed E-state index contributed by atoms with van der Waals surface area (Å²) >= 11 is 1.81. The molecule has 0 aliphatic carbocycles. The molecule has 0 unspecified atom stereocenters. The summed E-state index contributed by atoms with van der Waals surface area (Å²) in [6.45, 7) is 2.96. The van der Waals surface area contributed by atoms with Crippen molar-refractivity contribution >= 4 is 17.7 Å². The van der Waals surface area contributed by atoms with Crippen LogP contribution in [0, 0.1) is 0 Å². The van der Waals surface area contributed by atoms with Crippen LogP contribution >= 0.6 is 11.8 Å². The number of guanidine groups is 1. The maximum absolute atomic E-state index is 8.72. The number of aliphatic hydroxyl groups excluding tert-OH is 1. The first-order valence-corrected chi connectivity index (χ1v) is 9.78. The Kier molecular flexibility index (Phi) is 10.4. The second kappa shape index (κ2) is 13.3. The van der Waals surface area contributed by atoms with E-state index in [1.165, 1.54) is 4.90 Å². The van der Waals surface area contributed by atoms with E-state index < -0.39 is 0 Å². The molecule has 0 bridgehead atoms. The molecule has 1 heterocycles. The van der Waals surface area contributed by atoms with E-state index in [-0.39, 0.29) is 6.61 Å². The number of aliphatic imine (C=N–C) groups is 1. The summed E-state index contributed by atoms with van der Waals surface area (Å²) in [5.74, 6) is 2.66. The number of ether oxygens (including phenoxy) is 1. The fraction of sp³-hybridized carbons (Fsp3) is 0.421. The van der Waals surface area contributed by atoms with Gasteiger partial charge in [0.05, 0.1) is 32.6 Å². The van der Waals surface area contributed by atoms with Crippen molar-refractivity contribution < 1.29 is 14.3 Å². The van der Waals surface area contributed by atoms with Gasteiger partial charge in [0.2, 0.25) is 0 Å². The number of benzene rings is 1. The molecule has 26 heavy (non-hydrogen) atoms. The molecule has 0 amide bonds. The lowest BCUT2D eigenvalue weighted by Gasteiger charge is -2.12. The van der Waals surface area contributed by atoms with E-state index in [9.17, 15) is 0 Å².